The number of carbonyl (C=O) groups is 2. The van der Waals surface area contributed by atoms with E-state index in [0.717, 1.165) is 11.1 Å². The lowest BCUT2D eigenvalue weighted by Gasteiger charge is -2.28. The summed E-state index contributed by atoms with van der Waals surface area (Å²) in [6, 6.07) is 14.8. The average molecular weight is 764 g/mol. The highest BCUT2D eigenvalue weighted by Crippen LogP contribution is 2.44. The molecule has 0 spiro atoms. The third-order valence-corrected chi connectivity index (χ3v) is 9.33. The maximum Gasteiger partial charge on any atom is 0.353 e. The van der Waals surface area contributed by atoms with E-state index in [2.05, 4.69) is 77.6 Å². The van der Waals surface area contributed by atoms with Crippen LogP contribution >= 0.6 is 86.4 Å². The molecular formula is C25H16Br4O4S2. The zero-order valence-electron chi connectivity index (χ0n) is 18.2. The first-order chi connectivity index (χ1) is 16.6. The number of halogens is 4. The largest absolute Gasteiger partial charge is 0.420 e. The van der Waals surface area contributed by atoms with Crippen LogP contribution in [0, 0.1) is 0 Å². The van der Waals surface area contributed by atoms with Gasteiger partial charge >= 0.3 is 11.9 Å². The molecule has 0 saturated heterocycles. The third kappa shape index (κ3) is 5.83. The molecule has 0 amide bonds. The zero-order chi connectivity index (χ0) is 25.3. The molecule has 2 aromatic carbocycles. The number of esters is 2. The number of hydrogen-bond donors (Lipinski definition) is 0. The number of thiophene rings is 2. The third-order valence-electron chi connectivity index (χ3n) is 5.27. The molecule has 4 aromatic rings. The second kappa shape index (κ2) is 11.0. The number of hydrogen-bond acceptors (Lipinski definition) is 6. The lowest BCUT2D eigenvalue weighted by Crippen LogP contribution is -2.20. The van der Waals surface area contributed by atoms with Crippen LogP contribution in [0.15, 0.2) is 77.2 Å². The zero-order valence-corrected chi connectivity index (χ0v) is 26.2. The molecule has 4 nitrogen and oxygen atoms in total. The van der Waals surface area contributed by atoms with Crippen molar-refractivity contribution in [1.82, 2.24) is 0 Å². The van der Waals surface area contributed by atoms with Crippen LogP contribution in [-0.2, 0) is 5.41 Å². The number of rotatable bonds is 6. The Morgan fingerprint density at radius 3 is 1.31 bits per heavy atom. The predicted octanol–water partition coefficient (Wildman–Crippen LogP) is 9.62. The minimum Gasteiger partial charge on any atom is -0.420 e. The normalized spacial score (nSPS) is 11.4. The first kappa shape index (κ1) is 26.8. The molecule has 0 bridgehead atoms. The fourth-order valence-corrected chi connectivity index (χ4v) is 7.17. The van der Waals surface area contributed by atoms with Crippen LogP contribution in [0.5, 0.6) is 11.5 Å². The molecule has 180 valence electrons. The molecule has 0 saturated carbocycles. The van der Waals surface area contributed by atoms with Crippen molar-refractivity contribution in [2.75, 3.05) is 0 Å². The van der Waals surface area contributed by atoms with Crippen LogP contribution in [0.2, 0.25) is 0 Å². The van der Waals surface area contributed by atoms with Gasteiger partial charge in [0.2, 0.25) is 0 Å². The Kier molecular flexibility index (Phi) is 8.39. The Morgan fingerprint density at radius 2 is 1.03 bits per heavy atom. The van der Waals surface area contributed by atoms with E-state index >= 15 is 0 Å². The SMILES string of the molecule is CC(C)(c1cc(Br)c(OC(=O)c2cccs2)c(Br)c1)c1cc(Br)c(OC(=O)c2cccs2)c(Br)c1. The van der Waals surface area contributed by atoms with E-state index in [-0.39, 0.29) is 0 Å². The first-order valence-corrected chi connectivity index (χ1v) is 15.0. The van der Waals surface area contributed by atoms with E-state index in [0.29, 0.717) is 39.1 Å². The standard InChI is InChI=1S/C25H16Br4O4S2/c1-25(2,13-9-15(26)21(16(27)10-13)32-23(30)19-5-3-7-34-19)14-11-17(28)22(18(29)12-14)33-24(31)20-6-4-8-35-20/h3-12H,1-2H3. The lowest BCUT2D eigenvalue weighted by atomic mass is 9.78. The summed E-state index contributed by atoms with van der Waals surface area (Å²) in [7, 11) is 0. The maximum absolute atomic E-state index is 12.4. The Labute approximate surface area is 244 Å². The molecule has 4 rings (SSSR count). The van der Waals surface area contributed by atoms with E-state index in [1.54, 1.807) is 12.1 Å². The van der Waals surface area contributed by atoms with E-state index in [4.69, 9.17) is 9.47 Å². The maximum atomic E-state index is 12.4. The topological polar surface area (TPSA) is 52.6 Å². The second-order valence-electron chi connectivity index (χ2n) is 7.90. The van der Waals surface area contributed by atoms with Gasteiger partial charge in [0.25, 0.3) is 0 Å². The van der Waals surface area contributed by atoms with Gasteiger partial charge in [0.05, 0.1) is 17.9 Å². The van der Waals surface area contributed by atoms with Crippen molar-refractivity contribution in [3.63, 3.8) is 0 Å². The van der Waals surface area contributed by atoms with Crippen LogP contribution < -0.4 is 9.47 Å². The van der Waals surface area contributed by atoms with Crippen molar-refractivity contribution < 1.29 is 19.1 Å². The molecule has 0 aliphatic heterocycles. The van der Waals surface area contributed by atoms with Crippen molar-refractivity contribution >= 4 is 98.3 Å². The fourth-order valence-electron chi connectivity index (χ4n) is 3.28. The second-order valence-corrected chi connectivity index (χ2v) is 13.2. The quantitative estimate of drug-likeness (QED) is 0.145. The Morgan fingerprint density at radius 1 is 0.686 bits per heavy atom. The van der Waals surface area contributed by atoms with E-state index in [1.807, 2.05) is 47.2 Å². The molecule has 0 atom stereocenters. The summed E-state index contributed by atoms with van der Waals surface area (Å²) in [6.07, 6.45) is 0. The molecule has 35 heavy (non-hydrogen) atoms. The predicted molar refractivity (Wildman–Crippen MR) is 154 cm³/mol. The van der Waals surface area contributed by atoms with Crippen molar-refractivity contribution in [2.45, 2.75) is 19.3 Å². The highest BCUT2D eigenvalue weighted by Gasteiger charge is 2.28. The van der Waals surface area contributed by atoms with Crippen LogP contribution in [0.25, 0.3) is 0 Å². The monoisotopic (exact) mass is 760 g/mol. The summed E-state index contributed by atoms with van der Waals surface area (Å²) in [6.45, 7) is 4.17. The van der Waals surface area contributed by atoms with Gasteiger partial charge in [0.1, 0.15) is 9.75 Å². The number of ether oxygens (including phenoxy) is 2. The lowest BCUT2D eigenvalue weighted by molar-refractivity contribution is 0.0727. The van der Waals surface area contributed by atoms with Crippen molar-refractivity contribution in [3.8, 4) is 11.5 Å². The molecule has 0 aliphatic carbocycles. The molecular weight excluding hydrogens is 748 g/mol. The minimum atomic E-state index is -0.442. The van der Waals surface area contributed by atoms with Gasteiger partial charge in [0.15, 0.2) is 11.5 Å². The van der Waals surface area contributed by atoms with Crippen molar-refractivity contribution in [2.24, 2.45) is 0 Å². The van der Waals surface area contributed by atoms with E-state index in [9.17, 15) is 9.59 Å². The summed E-state index contributed by atoms with van der Waals surface area (Å²) < 4.78 is 13.9. The van der Waals surface area contributed by atoms with Gasteiger partial charge in [-0.05, 0) is 122 Å². The Hall–Kier alpha value is -1.30. The average Bonchev–Trinajstić information content (AvgIpc) is 3.52. The van der Waals surface area contributed by atoms with Crippen molar-refractivity contribution in [3.05, 3.63) is 98.1 Å². The van der Waals surface area contributed by atoms with Gasteiger partial charge < -0.3 is 9.47 Å². The molecule has 0 fully saturated rings. The summed E-state index contributed by atoms with van der Waals surface area (Å²) in [5.74, 6) is 0.0187. The summed E-state index contributed by atoms with van der Waals surface area (Å²) in [5, 5.41) is 3.66. The molecule has 0 unspecified atom stereocenters. The molecule has 0 N–H and O–H groups in total. The highest BCUT2D eigenvalue weighted by atomic mass is 79.9. The highest BCUT2D eigenvalue weighted by molar-refractivity contribution is 9.11. The van der Waals surface area contributed by atoms with Gasteiger partial charge in [-0.25, -0.2) is 9.59 Å². The Balaban J connectivity index is 1.62. The molecule has 10 heteroatoms. The molecule has 0 radical (unpaired) electrons. The van der Waals surface area contributed by atoms with Gasteiger partial charge in [-0.1, -0.05) is 26.0 Å². The van der Waals surface area contributed by atoms with Crippen LogP contribution in [0.1, 0.15) is 44.3 Å². The van der Waals surface area contributed by atoms with Gasteiger partial charge in [-0.15, -0.1) is 22.7 Å². The summed E-state index contributed by atoms with van der Waals surface area (Å²) in [4.78, 5) is 25.9. The Bertz CT molecular complexity index is 1250. The fraction of sp³-hybridized carbons (Fsp3) is 0.120. The molecule has 2 heterocycles. The van der Waals surface area contributed by atoms with Crippen molar-refractivity contribution in [1.29, 1.82) is 0 Å². The summed E-state index contributed by atoms with van der Waals surface area (Å²) in [5.41, 5.74) is 1.52. The first-order valence-electron chi connectivity index (χ1n) is 10.1. The van der Waals surface area contributed by atoms with E-state index < -0.39 is 17.4 Å². The number of benzene rings is 2. The van der Waals surface area contributed by atoms with E-state index in [1.165, 1.54) is 22.7 Å². The molecule has 0 aliphatic rings. The van der Waals surface area contributed by atoms with Crippen LogP contribution in [0.4, 0.5) is 0 Å². The minimum absolute atomic E-state index is 0.408. The van der Waals surface area contributed by atoms with Gasteiger partial charge in [-0.3, -0.25) is 0 Å². The molecule has 2 aromatic heterocycles. The van der Waals surface area contributed by atoms with Gasteiger partial charge in [-0.2, -0.15) is 0 Å². The summed E-state index contributed by atoms with van der Waals surface area (Å²) >= 11 is 16.9. The smallest absolute Gasteiger partial charge is 0.353 e. The number of carbonyl (C=O) groups excluding carboxylic acids is 2. The van der Waals surface area contributed by atoms with Gasteiger partial charge in [0, 0.05) is 5.41 Å². The van der Waals surface area contributed by atoms with Crippen LogP contribution in [0.3, 0.4) is 0 Å². The van der Waals surface area contributed by atoms with Crippen LogP contribution in [-0.4, -0.2) is 11.9 Å².